The van der Waals surface area contributed by atoms with Crippen LogP contribution in [0.25, 0.3) is 0 Å². The Kier molecular flexibility index (Phi) is 5.82. The summed E-state index contributed by atoms with van der Waals surface area (Å²) in [5, 5.41) is 2.79. The lowest BCUT2D eigenvalue weighted by molar-refractivity contribution is 0.102. The van der Waals surface area contributed by atoms with Gasteiger partial charge in [0.2, 0.25) is 0 Å². The van der Waals surface area contributed by atoms with E-state index in [1.807, 2.05) is 25.1 Å². The van der Waals surface area contributed by atoms with Gasteiger partial charge in [0.25, 0.3) is 5.91 Å². The Labute approximate surface area is 159 Å². The van der Waals surface area contributed by atoms with Crippen LogP contribution in [0.4, 0.5) is 5.69 Å². The first-order chi connectivity index (χ1) is 12.9. The van der Waals surface area contributed by atoms with Crippen molar-refractivity contribution in [1.82, 2.24) is 0 Å². The van der Waals surface area contributed by atoms with Crippen LogP contribution in [0.2, 0.25) is 0 Å². The maximum Gasteiger partial charge on any atom is 0.259 e. The molecule has 1 N–H and O–H groups in total. The van der Waals surface area contributed by atoms with Gasteiger partial charge >= 0.3 is 0 Å². The number of methoxy groups -OCH3 is 1. The molecule has 1 aliphatic heterocycles. The monoisotopic (exact) mass is 389 g/mol. The minimum atomic E-state index is -3.52. The van der Waals surface area contributed by atoms with Crippen LogP contribution < -0.4 is 10.1 Å². The van der Waals surface area contributed by atoms with Gasteiger partial charge < -0.3 is 14.8 Å². The second kappa shape index (κ2) is 8.10. The third-order valence-electron chi connectivity index (χ3n) is 4.53. The van der Waals surface area contributed by atoms with Gasteiger partial charge in [0.15, 0.2) is 9.84 Å². The van der Waals surface area contributed by atoms with Crippen molar-refractivity contribution in [3.8, 4) is 5.75 Å². The van der Waals surface area contributed by atoms with Gasteiger partial charge in [-0.15, -0.1) is 0 Å². The Morgan fingerprint density at radius 2 is 2.07 bits per heavy atom. The number of benzene rings is 2. The number of carbonyl (C=O) groups is 1. The average Bonchev–Trinajstić information content (AvgIpc) is 3.13. The molecule has 1 aliphatic rings. The molecule has 0 bridgehead atoms. The molecule has 0 aliphatic carbocycles. The van der Waals surface area contributed by atoms with Crippen molar-refractivity contribution in [2.24, 2.45) is 5.92 Å². The standard InChI is InChI=1S/C20H23NO5S/c1-14-4-3-5-16(10-14)21-20(22)18-11-17(6-7-19(18)25-2)27(23,24)13-15-8-9-26-12-15/h3-7,10-11,15H,8-9,12-13H2,1-2H3,(H,21,22)/t15-/m0/s1. The molecule has 1 atom stereocenters. The molecule has 1 heterocycles. The Morgan fingerprint density at radius 3 is 2.74 bits per heavy atom. The van der Waals surface area contributed by atoms with Crippen LogP contribution in [0.5, 0.6) is 5.75 Å². The fourth-order valence-corrected chi connectivity index (χ4v) is 4.75. The second-order valence-corrected chi connectivity index (χ2v) is 8.73. The van der Waals surface area contributed by atoms with Crippen LogP contribution in [0, 0.1) is 12.8 Å². The Balaban J connectivity index is 1.87. The number of anilines is 1. The summed E-state index contributed by atoms with van der Waals surface area (Å²) < 4.78 is 36.0. The highest BCUT2D eigenvalue weighted by Gasteiger charge is 2.26. The molecule has 3 rings (SSSR count). The van der Waals surface area contributed by atoms with Gasteiger partial charge in [0.05, 0.1) is 29.9 Å². The van der Waals surface area contributed by atoms with E-state index in [-0.39, 0.29) is 22.1 Å². The molecule has 2 aromatic rings. The Morgan fingerprint density at radius 1 is 1.26 bits per heavy atom. The Hall–Kier alpha value is -2.38. The van der Waals surface area contributed by atoms with E-state index in [1.165, 1.54) is 25.3 Å². The molecule has 0 unspecified atom stereocenters. The quantitative estimate of drug-likeness (QED) is 0.821. The van der Waals surface area contributed by atoms with E-state index in [2.05, 4.69) is 5.32 Å². The maximum absolute atomic E-state index is 12.7. The maximum atomic E-state index is 12.7. The van der Waals surface area contributed by atoms with Gasteiger partial charge in [-0.05, 0) is 55.2 Å². The summed E-state index contributed by atoms with van der Waals surface area (Å²) in [7, 11) is -2.07. The third-order valence-corrected chi connectivity index (χ3v) is 6.41. The smallest absolute Gasteiger partial charge is 0.259 e. The van der Waals surface area contributed by atoms with E-state index < -0.39 is 15.7 Å². The first kappa shape index (κ1) is 19.4. The van der Waals surface area contributed by atoms with E-state index >= 15 is 0 Å². The van der Waals surface area contributed by atoms with Gasteiger partial charge in [-0.25, -0.2) is 8.42 Å². The van der Waals surface area contributed by atoms with Crippen molar-refractivity contribution in [2.45, 2.75) is 18.2 Å². The predicted octanol–water partition coefficient (Wildman–Crippen LogP) is 3.07. The van der Waals surface area contributed by atoms with Gasteiger partial charge in [-0.2, -0.15) is 0 Å². The summed E-state index contributed by atoms with van der Waals surface area (Å²) in [6, 6.07) is 11.8. The van der Waals surface area contributed by atoms with Crippen LogP contribution in [-0.4, -0.2) is 40.4 Å². The molecule has 0 radical (unpaired) electrons. The van der Waals surface area contributed by atoms with Gasteiger partial charge in [0, 0.05) is 12.3 Å². The lowest BCUT2D eigenvalue weighted by Crippen LogP contribution is -2.18. The fraction of sp³-hybridized carbons (Fsp3) is 0.350. The lowest BCUT2D eigenvalue weighted by atomic mass is 10.1. The number of hydrogen-bond donors (Lipinski definition) is 1. The Bertz CT molecular complexity index is 933. The number of nitrogens with one attached hydrogen (secondary N) is 1. The minimum absolute atomic E-state index is 0.0122. The number of ether oxygens (including phenoxy) is 2. The van der Waals surface area contributed by atoms with Crippen LogP contribution in [0.15, 0.2) is 47.4 Å². The van der Waals surface area contributed by atoms with Crippen LogP contribution >= 0.6 is 0 Å². The highest BCUT2D eigenvalue weighted by atomic mass is 32.2. The summed E-state index contributed by atoms with van der Waals surface area (Å²) in [5.41, 5.74) is 1.83. The molecule has 1 saturated heterocycles. The zero-order chi connectivity index (χ0) is 19.4. The predicted molar refractivity (Wildman–Crippen MR) is 103 cm³/mol. The molecule has 144 valence electrons. The zero-order valence-corrected chi connectivity index (χ0v) is 16.2. The number of sulfone groups is 1. The van der Waals surface area contributed by atoms with E-state index in [0.29, 0.717) is 24.7 Å². The number of aryl methyl sites for hydroxylation is 1. The van der Waals surface area contributed by atoms with Gasteiger partial charge in [-0.3, -0.25) is 4.79 Å². The zero-order valence-electron chi connectivity index (χ0n) is 15.4. The number of amides is 1. The van der Waals surface area contributed by atoms with Crippen LogP contribution in [-0.2, 0) is 14.6 Å². The van der Waals surface area contributed by atoms with E-state index in [1.54, 1.807) is 6.07 Å². The molecule has 1 amide bonds. The van der Waals surface area contributed by atoms with Crippen molar-refractivity contribution in [3.63, 3.8) is 0 Å². The summed E-state index contributed by atoms with van der Waals surface area (Å²) in [4.78, 5) is 12.8. The van der Waals surface area contributed by atoms with Crippen molar-refractivity contribution in [2.75, 3.05) is 31.4 Å². The van der Waals surface area contributed by atoms with E-state index in [9.17, 15) is 13.2 Å². The van der Waals surface area contributed by atoms with E-state index in [4.69, 9.17) is 9.47 Å². The van der Waals surface area contributed by atoms with Crippen molar-refractivity contribution >= 4 is 21.4 Å². The molecule has 7 heteroatoms. The summed E-state index contributed by atoms with van der Waals surface area (Å²) in [5.74, 6) is -0.0955. The fourth-order valence-electron chi connectivity index (χ4n) is 3.10. The normalized spacial score (nSPS) is 16.9. The van der Waals surface area contributed by atoms with Crippen molar-refractivity contribution in [3.05, 3.63) is 53.6 Å². The summed E-state index contributed by atoms with van der Waals surface area (Å²) in [6.45, 7) is 2.97. The molecule has 6 nitrogen and oxygen atoms in total. The first-order valence-corrected chi connectivity index (χ1v) is 10.4. The molecule has 1 fully saturated rings. The van der Waals surface area contributed by atoms with Gasteiger partial charge in [0.1, 0.15) is 5.75 Å². The molecular formula is C20H23NO5S. The molecule has 0 aromatic heterocycles. The van der Waals surface area contributed by atoms with E-state index in [0.717, 1.165) is 12.0 Å². The number of carbonyl (C=O) groups excluding carboxylic acids is 1. The molecule has 2 aromatic carbocycles. The average molecular weight is 389 g/mol. The number of rotatable bonds is 6. The van der Waals surface area contributed by atoms with Gasteiger partial charge in [-0.1, -0.05) is 12.1 Å². The minimum Gasteiger partial charge on any atom is -0.496 e. The van der Waals surface area contributed by atoms with Crippen molar-refractivity contribution in [1.29, 1.82) is 0 Å². The molecular weight excluding hydrogens is 366 g/mol. The molecule has 0 saturated carbocycles. The highest BCUT2D eigenvalue weighted by molar-refractivity contribution is 7.91. The molecule has 27 heavy (non-hydrogen) atoms. The van der Waals surface area contributed by atoms with Crippen molar-refractivity contribution < 1.29 is 22.7 Å². The largest absolute Gasteiger partial charge is 0.496 e. The summed E-state index contributed by atoms with van der Waals surface area (Å²) in [6.07, 6.45) is 0.732. The topological polar surface area (TPSA) is 81.7 Å². The highest BCUT2D eigenvalue weighted by Crippen LogP contribution is 2.26. The number of hydrogen-bond acceptors (Lipinski definition) is 5. The van der Waals surface area contributed by atoms with Crippen LogP contribution in [0.1, 0.15) is 22.3 Å². The third kappa shape index (κ3) is 4.67. The second-order valence-electron chi connectivity index (χ2n) is 6.70. The summed E-state index contributed by atoms with van der Waals surface area (Å²) >= 11 is 0. The SMILES string of the molecule is COc1ccc(S(=O)(=O)C[C@H]2CCOC2)cc1C(=O)Nc1cccc(C)c1. The van der Waals surface area contributed by atoms with Crippen LogP contribution in [0.3, 0.4) is 0 Å². The lowest BCUT2D eigenvalue weighted by Gasteiger charge is -2.13. The molecule has 0 spiro atoms. The first-order valence-electron chi connectivity index (χ1n) is 8.75.